The summed E-state index contributed by atoms with van der Waals surface area (Å²) in [6.45, 7) is 4.67. The molecule has 0 spiro atoms. The predicted molar refractivity (Wildman–Crippen MR) is 613 cm³/mol. The van der Waals surface area contributed by atoms with Gasteiger partial charge >= 0.3 is 0 Å². The topological polar surface area (TPSA) is 121 Å². The first-order valence-corrected chi connectivity index (χ1v) is 51.8. The average Bonchev–Trinajstić information content (AvgIpc) is 1.55. The van der Waals surface area contributed by atoms with Crippen LogP contribution in [0.15, 0.2) is 518 Å². The van der Waals surface area contributed by atoms with Gasteiger partial charge < -0.3 is 9.47 Å². The van der Waals surface area contributed by atoms with Crippen LogP contribution in [-0.4, -0.2) is 53.6 Å². The molecule has 30 rings (SSSR count). The number of hydrogen-bond acceptors (Lipinski definition) is 11. The molecule has 0 fully saturated rings. The van der Waals surface area contributed by atoms with Crippen molar-refractivity contribution in [3.05, 3.63) is 521 Å². The van der Waals surface area contributed by atoms with Gasteiger partial charge in [0.05, 0.1) is 79.0 Å². The zero-order valence-electron chi connectivity index (χ0n) is 81.0. The van der Waals surface area contributed by atoms with Gasteiger partial charge in [0.25, 0.3) is 0 Å². The van der Waals surface area contributed by atoms with Gasteiger partial charge in [-0.1, -0.05) is 316 Å². The molecule has 149 heavy (non-hydrogen) atoms. The predicted octanol–water partition coefficient (Wildman–Crippen LogP) is 34.8. The molecular weight excluding hydrogens is 1850 g/mol. The number of aromatic nitrogens is 11. The molecule has 0 atom stereocenters. The van der Waals surface area contributed by atoms with Crippen molar-refractivity contribution in [3.8, 4) is 140 Å². The summed E-state index contributed by atoms with van der Waals surface area (Å²) in [7, 11) is 0. The van der Waals surface area contributed by atoms with Crippen LogP contribution in [-0.2, 0) is 5.41 Å². The summed E-state index contributed by atoms with van der Waals surface area (Å²) >= 11 is 3.58. The van der Waals surface area contributed by atoms with E-state index in [0.717, 1.165) is 166 Å². The molecule has 14 heteroatoms. The van der Waals surface area contributed by atoms with Crippen molar-refractivity contribution < 1.29 is 0 Å². The first-order chi connectivity index (χ1) is 73.7. The zero-order valence-corrected chi connectivity index (χ0v) is 82.7. The molecule has 0 saturated heterocycles. The second kappa shape index (κ2) is 36.5. The van der Waals surface area contributed by atoms with E-state index in [2.05, 4.69) is 460 Å². The van der Waals surface area contributed by atoms with Crippen LogP contribution >= 0.6 is 23.5 Å². The van der Waals surface area contributed by atoms with Gasteiger partial charge in [0.2, 0.25) is 0 Å². The summed E-state index contributed by atoms with van der Waals surface area (Å²) < 4.78 is 6.98. The molecule has 3 aliphatic heterocycles. The molecular formula is C135H88N12S2. The van der Waals surface area contributed by atoms with Crippen LogP contribution in [0.3, 0.4) is 0 Å². The lowest BCUT2D eigenvalue weighted by atomic mass is 9.78. The number of nitrogens with zero attached hydrogens (tertiary/aromatic N) is 12. The molecule has 12 nitrogen and oxygen atoms in total. The Labute approximate surface area is 869 Å². The number of rotatable bonds is 11. The van der Waals surface area contributed by atoms with Gasteiger partial charge in [0.15, 0.2) is 0 Å². The van der Waals surface area contributed by atoms with Crippen molar-refractivity contribution in [2.45, 2.75) is 38.8 Å². The van der Waals surface area contributed by atoms with Gasteiger partial charge in [-0.2, -0.15) is 0 Å². The Morgan fingerprint density at radius 1 is 0.262 bits per heavy atom. The largest absolute Gasteiger partial charge is 0.309 e. The summed E-state index contributed by atoms with van der Waals surface area (Å²) in [6.07, 6.45) is 19.3. The number of pyridine rings is 7. The second-order valence-corrected chi connectivity index (χ2v) is 40.6. The molecule has 16 aromatic carbocycles. The summed E-state index contributed by atoms with van der Waals surface area (Å²) in [4.78, 5) is 45.7. The minimum Gasteiger partial charge on any atom is -0.309 e. The molecule has 10 aromatic heterocycles. The van der Waals surface area contributed by atoms with Gasteiger partial charge in [-0.3, -0.25) is 39.0 Å². The lowest BCUT2D eigenvalue weighted by Crippen LogP contribution is -2.17. The van der Waals surface area contributed by atoms with Crippen molar-refractivity contribution in [1.82, 2.24) is 53.6 Å². The Bertz CT molecular complexity index is 9700. The number of hydrogen-bond donors (Lipinski definition) is 0. The number of benzene rings is 16. The summed E-state index contributed by atoms with van der Waals surface area (Å²) in [6, 6.07) is 156. The third-order valence-corrected chi connectivity index (χ3v) is 31.8. The molecule has 4 aliphatic rings. The fourth-order valence-electron chi connectivity index (χ4n) is 22.8. The Morgan fingerprint density at radius 3 is 1.43 bits per heavy atom. The van der Waals surface area contributed by atoms with Crippen LogP contribution < -0.4 is 4.90 Å². The van der Waals surface area contributed by atoms with E-state index in [1.54, 1.807) is 11.8 Å². The average molecular weight is 1940 g/mol. The minimum absolute atomic E-state index is 0.169. The molecule has 26 aromatic rings. The van der Waals surface area contributed by atoms with Crippen molar-refractivity contribution >= 4 is 117 Å². The summed E-state index contributed by atoms with van der Waals surface area (Å²) in [5.74, 6) is 0.864. The van der Waals surface area contributed by atoms with Gasteiger partial charge in [0.1, 0.15) is 11.5 Å². The number of anilines is 3. The van der Waals surface area contributed by atoms with E-state index in [-0.39, 0.29) is 5.41 Å². The van der Waals surface area contributed by atoms with E-state index in [0.29, 0.717) is 0 Å². The molecule has 0 amide bonds. The van der Waals surface area contributed by atoms with Crippen molar-refractivity contribution in [2.24, 2.45) is 0 Å². The zero-order chi connectivity index (χ0) is 98.7. The molecule has 0 saturated carbocycles. The molecule has 13 heterocycles. The maximum atomic E-state index is 5.12. The SMILES string of the molecule is CC1(C)C2=C(c3cnccc31)c1cccc(-c3cc(-c4ccccc4)cc(-c4ccccc4)c3)c1Sc1ccncc12.c1ccc(-c2cc(-c3cccc(-n4c5ccccc5c5ccccc54)c3)cc(N3c4ccccc4-c4c(-c5ccccc5)c5cccnc5n4-c4ccccc43)c2)cc1.c1cnc2c(-c3cc(-c4cc5c(cn4)-c4nc6ccccc6n4-c4cnccc4S5)cc(-c4cccc5cccnc45)c3)cccc2c1. The van der Waals surface area contributed by atoms with Crippen LogP contribution in [0.25, 0.3) is 217 Å². The van der Waals surface area contributed by atoms with Crippen molar-refractivity contribution in [1.29, 1.82) is 0 Å². The van der Waals surface area contributed by atoms with E-state index < -0.39 is 0 Å². The number of fused-ring (bicyclic) bond motifs is 25. The molecule has 0 bridgehead atoms. The third kappa shape index (κ3) is 15.2. The Balaban J connectivity index is 0.000000109. The van der Waals surface area contributed by atoms with E-state index in [4.69, 9.17) is 24.9 Å². The Kier molecular flexibility index (Phi) is 21.5. The van der Waals surface area contributed by atoms with Crippen LogP contribution in [0.4, 0.5) is 17.1 Å². The molecule has 0 N–H and O–H groups in total. The van der Waals surface area contributed by atoms with Crippen molar-refractivity contribution in [2.75, 3.05) is 4.90 Å². The van der Waals surface area contributed by atoms with Crippen LogP contribution in [0, 0.1) is 0 Å². The Hall–Kier alpha value is -18.9. The van der Waals surface area contributed by atoms with E-state index in [9.17, 15) is 0 Å². The Morgan fingerprint density at radius 2 is 0.745 bits per heavy atom. The number of para-hydroxylation sites is 9. The highest BCUT2D eigenvalue weighted by atomic mass is 32.2. The lowest BCUT2D eigenvalue weighted by Gasteiger charge is -2.28. The highest BCUT2D eigenvalue weighted by molar-refractivity contribution is 8.00. The fraction of sp³-hybridized carbons (Fsp3) is 0.0222. The lowest BCUT2D eigenvalue weighted by molar-refractivity contribution is 0.700. The van der Waals surface area contributed by atoms with Gasteiger partial charge in [-0.25, -0.2) is 9.97 Å². The van der Waals surface area contributed by atoms with Crippen LogP contribution in [0.5, 0.6) is 0 Å². The van der Waals surface area contributed by atoms with Gasteiger partial charge in [-0.15, -0.1) is 0 Å². The van der Waals surface area contributed by atoms with E-state index >= 15 is 0 Å². The normalized spacial score (nSPS) is 12.7. The van der Waals surface area contributed by atoms with Gasteiger partial charge in [0, 0.05) is 158 Å². The molecule has 1 aliphatic carbocycles. The molecule has 0 unspecified atom stereocenters. The smallest absolute Gasteiger partial charge is 0.148 e. The molecule has 700 valence electrons. The summed E-state index contributed by atoms with van der Waals surface area (Å²) in [5, 5.41) is 5.84. The van der Waals surface area contributed by atoms with Gasteiger partial charge in [-0.05, 0) is 252 Å². The first kappa shape index (κ1) is 87.9. The molecule has 0 radical (unpaired) electrons. The quantitative estimate of drug-likeness (QED) is 0.123. The monoisotopic (exact) mass is 1940 g/mol. The fourth-order valence-corrected chi connectivity index (χ4v) is 25.1. The number of imidazole rings is 1. The minimum atomic E-state index is -0.169. The first-order valence-electron chi connectivity index (χ1n) is 50.2. The summed E-state index contributed by atoms with van der Waals surface area (Å²) in [5.41, 5.74) is 44.9. The van der Waals surface area contributed by atoms with E-state index in [1.165, 1.54) is 110 Å². The highest BCUT2D eigenvalue weighted by Gasteiger charge is 2.43. The van der Waals surface area contributed by atoms with Crippen LogP contribution in [0.1, 0.15) is 36.1 Å². The number of allylic oxidation sites excluding steroid dienone is 1. The maximum absolute atomic E-state index is 5.12. The second-order valence-electron chi connectivity index (χ2n) is 38.5. The van der Waals surface area contributed by atoms with Crippen LogP contribution in [0.2, 0.25) is 0 Å². The third-order valence-electron chi connectivity index (χ3n) is 29.5. The highest BCUT2D eigenvalue weighted by Crippen LogP contribution is 2.61. The van der Waals surface area contributed by atoms with Crippen molar-refractivity contribution in [3.63, 3.8) is 0 Å². The standard InChI is InChI=1S/C55H36N4.C41H24N6S.C39H28N2S/c1-3-17-37(18-4-1)40-33-41(39-21-15-22-42(34-39)57-48-27-10-7-23-44(48)45-24-8-11-28-49(45)57)36-43(35-40)58-50-29-12-9-25-46(50)54-53(38-19-5-2-6-20-38)47-26-16-32-56-55(47)59(54)52-31-14-13-30-51(52)58;1-2-14-35-33(13-1)46-41-32-23-45-34(22-38(32)48-37-15-18-42-24-36(37)47(35)41)29-20-27(30-11-3-7-25-9-5-16-43-39(25)30)19-28(21-29)31-12-4-8-26-10-6-17-44-40(26)31;1-39(2)34-16-18-40-23-32(34)36-31-15-9-14-30(38(31)42-35-17-19-41-24-33(35)37(36)39)29-21-27(25-10-5-3-6-11-25)20-28(22-29)26-12-7-4-8-13-26/h1-36H;1-24H;3-24H,1-2H3. The maximum Gasteiger partial charge on any atom is 0.148 e. The van der Waals surface area contributed by atoms with E-state index in [1.807, 2.05) is 98.0 Å².